The third-order valence-electron chi connectivity index (χ3n) is 20.0. The van der Waals surface area contributed by atoms with Gasteiger partial charge in [-0.05, 0) is 90.2 Å². The molecular weight excluding hydrogens is 975 g/mol. The molecule has 0 aliphatic carbocycles. The summed E-state index contributed by atoms with van der Waals surface area (Å²) in [5.41, 5.74) is 35.8. The van der Waals surface area contributed by atoms with Crippen LogP contribution in [0.15, 0.2) is 222 Å². The number of nitrogens with zero attached hydrogens (tertiary/aromatic N) is 4. The van der Waals surface area contributed by atoms with Crippen molar-refractivity contribution in [1.82, 2.24) is 9.13 Å². The molecule has 0 atom stereocenters. The molecule has 2 aromatic heterocycles. The SMILES string of the molecule is Cc1cccc(C)c1B1c2ccccc2B2c3cc4c5c6c3-n3c7c(cccc7c(=Nc7ccccc7)c7ccc1c2c73)B6c1cccc2c(=Nc3ccccc3)c3ccc6c(c3n-5c12)B4c1ccccc1B6c1c(C)cccc1C. The van der Waals surface area contributed by atoms with Crippen molar-refractivity contribution < 1.29 is 0 Å². The van der Waals surface area contributed by atoms with E-state index in [0.717, 1.165) is 22.1 Å². The average molecular weight is 1020 g/mol. The fourth-order valence-corrected chi connectivity index (χ4v) is 17.1. The molecule has 4 nitrogen and oxygen atoms in total. The lowest BCUT2D eigenvalue weighted by Gasteiger charge is -2.47. The van der Waals surface area contributed by atoms with Crippen LogP contribution in [0.1, 0.15) is 22.3 Å². The second-order valence-electron chi connectivity index (χ2n) is 23.9. The molecule has 0 spiro atoms. The number of fused-ring (bicyclic) bond motifs is 8. The number of benzene rings is 11. The molecule has 6 aliphatic heterocycles. The fourth-order valence-electron chi connectivity index (χ4n) is 17.1. The smallest absolute Gasteiger partial charge is 0.252 e. The molecule has 13 aromatic rings. The summed E-state index contributed by atoms with van der Waals surface area (Å²) in [6.45, 7) is 9.19. The molecule has 0 N–H and O–H groups in total. The lowest BCUT2D eigenvalue weighted by molar-refractivity contribution is 1.13. The Labute approximate surface area is 471 Å². The zero-order chi connectivity index (χ0) is 53.3. The molecule has 9 heteroatoms. The van der Waals surface area contributed by atoms with Crippen molar-refractivity contribution in [3.05, 3.63) is 245 Å². The number of aryl methyl sites for hydroxylation is 4. The average Bonchev–Trinajstić information content (AvgIpc) is 0.813. The molecule has 370 valence electrons. The first-order valence-corrected chi connectivity index (χ1v) is 28.9. The molecule has 0 bridgehead atoms. The van der Waals surface area contributed by atoms with E-state index in [2.05, 4.69) is 249 Å². The van der Waals surface area contributed by atoms with E-state index in [1.165, 1.54) is 159 Å². The van der Waals surface area contributed by atoms with Crippen LogP contribution in [0.25, 0.3) is 55.0 Å². The first kappa shape index (κ1) is 44.5. The predicted molar refractivity (Wildman–Crippen MR) is 346 cm³/mol. The van der Waals surface area contributed by atoms with Gasteiger partial charge >= 0.3 is 0 Å². The maximum Gasteiger partial charge on any atom is 0.252 e. The van der Waals surface area contributed by atoms with E-state index < -0.39 is 0 Å². The minimum absolute atomic E-state index is 0.0444. The van der Waals surface area contributed by atoms with E-state index in [0.29, 0.717) is 0 Å². The standard InChI is InChI=1S/C72H47B5N4/c1-40-19-15-20-41(2)60(40)73-50-29-11-13-31-52(50)75-58-39-59-72-64-71(58)80-67-46(65(78-44-23-7-5-8-24-44)48-35-37-54(73)62(75)69(48)80)27-17-33-56(67)77(64)57-34-18-28-47-66(79-45-25-9-6-10-26-45)49-36-38-55-63(70(49)81(72)68(47)57)76(59)53-32-14-12-30-51(53)74(55)61-42(3)21-16-22-43(61)4/h5-39H,1-4H3. The zero-order valence-corrected chi connectivity index (χ0v) is 45.4. The van der Waals surface area contributed by atoms with Gasteiger partial charge in [-0.2, -0.15) is 0 Å². The van der Waals surface area contributed by atoms with Crippen molar-refractivity contribution in [3.63, 3.8) is 0 Å². The summed E-state index contributed by atoms with van der Waals surface area (Å²) in [5.74, 6) is 0. The van der Waals surface area contributed by atoms with Gasteiger partial charge in [0.2, 0.25) is 26.9 Å². The summed E-state index contributed by atoms with van der Waals surface area (Å²) in [4.78, 5) is 11.5. The summed E-state index contributed by atoms with van der Waals surface area (Å²) >= 11 is 0. The number of pyridine rings is 2. The van der Waals surface area contributed by atoms with E-state index in [1.54, 1.807) is 0 Å². The van der Waals surface area contributed by atoms with Gasteiger partial charge in [0.15, 0.2) is 0 Å². The molecule has 0 radical (unpaired) electrons. The molecule has 0 unspecified atom stereocenters. The van der Waals surface area contributed by atoms with E-state index in [4.69, 9.17) is 9.98 Å². The molecule has 0 saturated heterocycles. The Hall–Kier alpha value is -9.32. The van der Waals surface area contributed by atoms with Gasteiger partial charge in [-0.15, -0.1) is 0 Å². The van der Waals surface area contributed by atoms with Crippen LogP contribution in [0.4, 0.5) is 11.4 Å². The van der Waals surface area contributed by atoms with Crippen molar-refractivity contribution in [2.75, 3.05) is 0 Å². The van der Waals surface area contributed by atoms with Crippen molar-refractivity contribution >= 4 is 170 Å². The topological polar surface area (TPSA) is 34.6 Å². The molecule has 0 saturated carbocycles. The normalized spacial score (nSPS) is 14.4. The Balaban J connectivity index is 1.05. The highest BCUT2D eigenvalue weighted by Gasteiger charge is 2.53. The van der Waals surface area contributed by atoms with Crippen LogP contribution in [0.2, 0.25) is 0 Å². The Morgan fingerprint density at radius 3 is 1.00 bits per heavy atom. The van der Waals surface area contributed by atoms with E-state index >= 15 is 0 Å². The number of aromatic nitrogens is 2. The second kappa shape index (κ2) is 15.7. The third-order valence-corrected chi connectivity index (χ3v) is 20.0. The van der Waals surface area contributed by atoms with Gasteiger partial charge in [-0.25, -0.2) is 9.98 Å². The van der Waals surface area contributed by atoms with Gasteiger partial charge in [-0.1, -0.05) is 254 Å². The molecular formula is C72H47B5N4. The molecule has 0 amide bonds. The van der Waals surface area contributed by atoms with E-state index in [-0.39, 0.29) is 33.6 Å². The van der Waals surface area contributed by atoms with Crippen molar-refractivity contribution in [1.29, 1.82) is 0 Å². The largest absolute Gasteiger partial charge is 0.311 e. The summed E-state index contributed by atoms with van der Waals surface area (Å²) in [6, 6.07) is 80.8. The first-order valence-electron chi connectivity index (χ1n) is 28.9. The van der Waals surface area contributed by atoms with Crippen LogP contribution < -0.4 is 92.7 Å². The summed E-state index contributed by atoms with van der Waals surface area (Å²) in [7, 11) is 0. The quantitative estimate of drug-likeness (QED) is 0.189. The van der Waals surface area contributed by atoms with Gasteiger partial charge in [0, 0.05) is 32.9 Å². The number of para-hydroxylation sites is 4. The first-order chi connectivity index (χ1) is 39.9. The van der Waals surface area contributed by atoms with Crippen LogP contribution >= 0.6 is 0 Å². The van der Waals surface area contributed by atoms with Crippen molar-refractivity contribution in [3.8, 4) is 11.4 Å². The molecule has 0 fully saturated rings. The van der Waals surface area contributed by atoms with Gasteiger partial charge in [0.05, 0.1) is 44.2 Å². The van der Waals surface area contributed by atoms with Crippen LogP contribution in [0.3, 0.4) is 0 Å². The van der Waals surface area contributed by atoms with Crippen molar-refractivity contribution in [2.24, 2.45) is 9.98 Å². The zero-order valence-electron chi connectivity index (χ0n) is 45.4. The van der Waals surface area contributed by atoms with Crippen LogP contribution in [0.5, 0.6) is 0 Å². The highest BCUT2D eigenvalue weighted by molar-refractivity contribution is 7.15. The molecule has 19 rings (SSSR count). The minimum Gasteiger partial charge on any atom is -0.311 e. The fraction of sp³-hybridized carbons (Fsp3) is 0.0556. The summed E-state index contributed by atoms with van der Waals surface area (Å²) in [6.07, 6.45) is 0. The van der Waals surface area contributed by atoms with Gasteiger partial charge in [-0.3, -0.25) is 0 Å². The number of hydrogen-bond donors (Lipinski definition) is 0. The van der Waals surface area contributed by atoms with Crippen molar-refractivity contribution in [2.45, 2.75) is 27.7 Å². The lowest BCUT2D eigenvalue weighted by Crippen LogP contribution is -2.80. The third kappa shape index (κ3) is 5.48. The monoisotopic (exact) mass is 1020 g/mol. The highest BCUT2D eigenvalue weighted by Crippen LogP contribution is 2.36. The Morgan fingerprint density at radius 1 is 0.259 bits per heavy atom. The summed E-state index contributed by atoms with van der Waals surface area (Å²) < 4.78 is 5.55. The summed E-state index contributed by atoms with van der Waals surface area (Å²) in [5, 5.41) is 6.80. The van der Waals surface area contributed by atoms with Gasteiger partial charge in [0.1, 0.15) is 0 Å². The number of hydrogen-bond acceptors (Lipinski definition) is 2. The molecule has 81 heavy (non-hydrogen) atoms. The lowest BCUT2D eigenvalue weighted by atomic mass is 9.18. The predicted octanol–water partition coefficient (Wildman–Crippen LogP) is 4.04. The molecule has 11 aromatic carbocycles. The van der Waals surface area contributed by atoms with Gasteiger partial charge < -0.3 is 9.13 Å². The van der Waals surface area contributed by atoms with E-state index in [9.17, 15) is 0 Å². The minimum atomic E-state index is -0.0815. The Kier molecular flexibility index (Phi) is 8.65. The van der Waals surface area contributed by atoms with Crippen LogP contribution in [-0.4, -0.2) is 42.7 Å². The molecule has 6 aliphatic rings. The van der Waals surface area contributed by atoms with Crippen LogP contribution in [0, 0.1) is 27.7 Å². The maximum atomic E-state index is 5.73. The Morgan fingerprint density at radius 2 is 0.593 bits per heavy atom. The second-order valence-corrected chi connectivity index (χ2v) is 23.9. The number of rotatable bonds is 4. The highest BCUT2D eigenvalue weighted by atomic mass is 15.0. The Bertz CT molecular complexity index is 4910. The van der Waals surface area contributed by atoms with Crippen LogP contribution in [-0.2, 0) is 0 Å². The van der Waals surface area contributed by atoms with E-state index in [1.807, 2.05) is 0 Å². The maximum absolute atomic E-state index is 5.73. The van der Waals surface area contributed by atoms with Gasteiger partial charge in [0.25, 0.3) is 6.71 Å². The molecule has 8 heterocycles.